The van der Waals surface area contributed by atoms with Gasteiger partial charge in [-0.2, -0.15) is 0 Å². The summed E-state index contributed by atoms with van der Waals surface area (Å²) in [6.07, 6.45) is 5.51. The van der Waals surface area contributed by atoms with Gasteiger partial charge in [0.25, 0.3) is 0 Å². The van der Waals surface area contributed by atoms with Crippen LogP contribution in [0.2, 0.25) is 0 Å². The number of rotatable bonds is 3. The average molecular weight is 281 g/mol. The zero-order valence-electron chi connectivity index (χ0n) is 14.3. The van der Waals surface area contributed by atoms with Gasteiger partial charge in [-0.25, -0.2) is 0 Å². The molecular weight excluding hydrogens is 246 g/mol. The lowest BCUT2D eigenvalue weighted by Crippen LogP contribution is -2.55. The minimum atomic E-state index is 0.253. The smallest absolute Gasteiger partial charge is 0.0113 e. The molecule has 118 valence electrons. The van der Waals surface area contributed by atoms with Gasteiger partial charge in [0.2, 0.25) is 0 Å². The van der Waals surface area contributed by atoms with Crippen molar-refractivity contribution in [2.24, 2.45) is 0 Å². The average Bonchev–Trinajstić information content (AvgIpc) is 2.37. The zero-order valence-corrected chi connectivity index (χ0v) is 14.3. The molecule has 0 aromatic heterocycles. The Morgan fingerprint density at radius 3 is 2.20 bits per heavy atom. The third-order valence-corrected chi connectivity index (χ3v) is 4.88. The number of piperazine rings is 1. The second-order valence-electron chi connectivity index (χ2n) is 8.08. The number of hydrogen-bond donors (Lipinski definition) is 1. The van der Waals surface area contributed by atoms with Crippen molar-refractivity contribution in [2.45, 2.75) is 84.0 Å². The summed E-state index contributed by atoms with van der Waals surface area (Å²) in [6.45, 7) is 16.6. The van der Waals surface area contributed by atoms with E-state index in [2.05, 4.69) is 49.7 Å². The summed E-state index contributed by atoms with van der Waals surface area (Å²) >= 11 is 0. The first-order valence-corrected chi connectivity index (χ1v) is 8.61. The van der Waals surface area contributed by atoms with Crippen molar-refractivity contribution in [1.82, 2.24) is 15.1 Å². The molecule has 1 aliphatic carbocycles. The maximum absolute atomic E-state index is 3.82. The van der Waals surface area contributed by atoms with Gasteiger partial charge in [-0.1, -0.05) is 6.42 Å². The SMILES string of the molecule is CC(C)N1CCN([C@H]2CCC[C@@H](NC(C)(C)C)C2)CC1. The van der Waals surface area contributed by atoms with E-state index in [4.69, 9.17) is 0 Å². The van der Waals surface area contributed by atoms with Crippen LogP contribution in [0.3, 0.4) is 0 Å². The van der Waals surface area contributed by atoms with Crippen molar-refractivity contribution < 1.29 is 0 Å². The second kappa shape index (κ2) is 6.76. The molecule has 2 atom stereocenters. The number of nitrogens with one attached hydrogen (secondary N) is 1. The summed E-state index contributed by atoms with van der Waals surface area (Å²) in [5, 5.41) is 3.82. The van der Waals surface area contributed by atoms with Crippen molar-refractivity contribution in [1.29, 1.82) is 0 Å². The van der Waals surface area contributed by atoms with Gasteiger partial charge in [0.1, 0.15) is 0 Å². The van der Waals surface area contributed by atoms with Crippen LogP contribution >= 0.6 is 0 Å². The Labute approximate surface area is 126 Å². The Balaban J connectivity index is 1.81. The van der Waals surface area contributed by atoms with E-state index >= 15 is 0 Å². The van der Waals surface area contributed by atoms with Gasteiger partial charge in [0.05, 0.1) is 0 Å². The molecule has 20 heavy (non-hydrogen) atoms. The molecule has 0 radical (unpaired) electrons. The Morgan fingerprint density at radius 2 is 1.65 bits per heavy atom. The molecule has 3 nitrogen and oxygen atoms in total. The van der Waals surface area contributed by atoms with Gasteiger partial charge < -0.3 is 5.32 Å². The lowest BCUT2D eigenvalue weighted by atomic mass is 9.88. The second-order valence-corrected chi connectivity index (χ2v) is 8.08. The van der Waals surface area contributed by atoms with Gasteiger partial charge in [-0.3, -0.25) is 9.80 Å². The summed E-state index contributed by atoms with van der Waals surface area (Å²) in [4.78, 5) is 5.37. The highest BCUT2D eigenvalue weighted by Crippen LogP contribution is 2.25. The molecular formula is C17H35N3. The van der Waals surface area contributed by atoms with Crippen molar-refractivity contribution >= 4 is 0 Å². The van der Waals surface area contributed by atoms with Gasteiger partial charge >= 0.3 is 0 Å². The summed E-state index contributed by atoms with van der Waals surface area (Å²) in [5.41, 5.74) is 0.253. The van der Waals surface area contributed by atoms with Crippen LogP contribution in [-0.2, 0) is 0 Å². The fourth-order valence-electron chi connectivity index (χ4n) is 3.86. The van der Waals surface area contributed by atoms with Gasteiger partial charge in [0.15, 0.2) is 0 Å². The summed E-state index contributed by atoms with van der Waals surface area (Å²) in [6, 6.07) is 2.24. The van der Waals surface area contributed by atoms with E-state index in [0.29, 0.717) is 6.04 Å². The predicted octanol–water partition coefficient (Wildman–Crippen LogP) is 2.71. The normalized spacial score (nSPS) is 30.9. The molecule has 1 aliphatic heterocycles. The summed E-state index contributed by atoms with van der Waals surface area (Å²) < 4.78 is 0. The van der Waals surface area contributed by atoms with E-state index in [9.17, 15) is 0 Å². The first kappa shape index (κ1) is 16.3. The number of nitrogens with zero attached hydrogens (tertiary/aromatic N) is 2. The molecule has 0 amide bonds. The third kappa shape index (κ3) is 4.71. The highest BCUT2D eigenvalue weighted by molar-refractivity contribution is 4.89. The van der Waals surface area contributed by atoms with Crippen molar-refractivity contribution in [3.8, 4) is 0 Å². The van der Waals surface area contributed by atoms with E-state index in [1.165, 1.54) is 51.9 Å². The molecule has 1 saturated heterocycles. The quantitative estimate of drug-likeness (QED) is 0.858. The van der Waals surface area contributed by atoms with Crippen LogP contribution in [0.15, 0.2) is 0 Å². The molecule has 3 heteroatoms. The molecule has 0 aromatic carbocycles. The topological polar surface area (TPSA) is 18.5 Å². The fourth-order valence-corrected chi connectivity index (χ4v) is 3.86. The molecule has 0 unspecified atom stereocenters. The van der Waals surface area contributed by atoms with E-state index in [-0.39, 0.29) is 5.54 Å². The lowest BCUT2D eigenvalue weighted by Gasteiger charge is -2.44. The predicted molar refractivity (Wildman–Crippen MR) is 87.2 cm³/mol. The molecule has 1 N–H and O–H groups in total. The van der Waals surface area contributed by atoms with E-state index < -0.39 is 0 Å². The van der Waals surface area contributed by atoms with Gasteiger partial charge in [-0.05, 0) is 53.9 Å². The Bertz CT molecular complexity index is 287. The highest BCUT2D eigenvalue weighted by Gasteiger charge is 2.30. The van der Waals surface area contributed by atoms with Crippen molar-refractivity contribution in [3.63, 3.8) is 0 Å². The van der Waals surface area contributed by atoms with Gasteiger partial charge in [-0.15, -0.1) is 0 Å². The van der Waals surface area contributed by atoms with E-state index in [1.807, 2.05) is 0 Å². The number of hydrogen-bond acceptors (Lipinski definition) is 3. The Hall–Kier alpha value is -0.120. The van der Waals surface area contributed by atoms with Crippen LogP contribution in [0, 0.1) is 0 Å². The summed E-state index contributed by atoms with van der Waals surface area (Å²) in [5.74, 6) is 0. The van der Waals surface area contributed by atoms with Crippen LogP contribution in [-0.4, -0.2) is 59.6 Å². The van der Waals surface area contributed by atoms with Crippen LogP contribution in [0.5, 0.6) is 0 Å². The maximum atomic E-state index is 3.82. The largest absolute Gasteiger partial charge is 0.309 e. The molecule has 0 spiro atoms. The fraction of sp³-hybridized carbons (Fsp3) is 1.00. The lowest BCUT2D eigenvalue weighted by molar-refractivity contribution is 0.0563. The van der Waals surface area contributed by atoms with Crippen LogP contribution < -0.4 is 5.32 Å². The third-order valence-electron chi connectivity index (χ3n) is 4.88. The van der Waals surface area contributed by atoms with Gasteiger partial charge in [0, 0.05) is 49.8 Å². The molecule has 1 saturated carbocycles. The molecule has 2 fully saturated rings. The first-order chi connectivity index (χ1) is 9.35. The van der Waals surface area contributed by atoms with E-state index in [1.54, 1.807) is 0 Å². The van der Waals surface area contributed by atoms with Crippen LogP contribution in [0.25, 0.3) is 0 Å². The summed E-state index contributed by atoms with van der Waals surface area (Å²) in [7, 11) is 0. The zero-order chi connectivity index (χ0) is 14.8. The minimum absolute atomic E-state index is 0.253. The van der Waals surface area contributed by atoms with Crippen molar-refractivity contribution in [3.05, 3.63) is 0 Å². The highest BCUT2D eigenvalue weighted by atomic mass is 15.3. The minimum Gasteiger partial charge on any atom is -0.309 e. The Morgan fingerprint density at radius 1 is 1.00 bits per heavy atom. The maximum Gasteiger partial charge on any atom is 0.0113 e. The first-order valence-electron chi connectivity index (χ1n) is 8.61. The van der Waals surface area contributed by atoms with E-state index in [0.717, 1.165) is 12.1 Å². The van der Waals surface area contributed by atoms with Crippen molar-refractivity contribution in [2.75, 3.05) is 26.2 Å². The van der Waals surface area contributed by atoms with Crippen LogP contribution in [0.1, 0.15) is 60.3 Å². The molecule has 2 aliphatic rings. The Kier molecular flexibility index (Phi) is 5.49. The molecule has 1 heterocycles. The standard InChI is InChI=1S/C17H35N3/c1-14(2)19-9-11-20(12-10-19)16-8-6-7-15(13-16)18-17(3,4)5/h14-16,18H,6-13H2,1-5H3/t15-,16+/m1/s1. The molecule has 0 aromatic rings. The van der Waals surface area contributed by atoms with Crippen LogP contribution in [0.4, 0.5) is 0 Å². The monoisotopic (exact) mass is 281 g/mol. The molecule has 2 rings (SSSR count). The molecule has 0 bridgehead atoms.